The van der Waals surface area contributed by atoms with Gasteiger partial charge in [0.25, 0.3) is 0 Å². The van der Waals surface area contributed by atoms with Crippen LogP contribution in [0.2, 0.25) is 0 Å². The van der Waals surface area contributed by atoms with Crippen molar-refractivity contribution in [3.8, 4) is 11.5 Å². The highest BCUT2D eigenvalue weighted by atomic mass is 16.5. The van der Waals surface area contributed by atoms with Crippen LogP contribution in [-0.2, 0) is 5.41 Å². The van der Waals surface area contributed by atoms with Crippen molar-refractivity contribution in [2.45, 2.75) is 63.1 Å². The summed E-state index contributed by atoms with van der Waals surface area (Å²) in [6.07, 6.45) is 9.32. The molecule has 0 spiro atoms. The van der Waals surface area contributed by atoms with Crippen molar-refractivity contribution in [2.24, 2.45) is 16.6 Å². The standard InChI is InChI=1S/C30H43N5O2/c1-29(33-25-19-27(37-3)26(36-2)18-24(25)28(31)34-29)32-21-30(23-12-8-5-9-13-23)14-16-35(17-15-30)20-22-10-6-4-7-11-22/h5,8-9,12-13,18-19,22,32-33H,4,6-7,10-11,14-17,20-21H2,1-3H3,(H2,31,34). The molecule has 0 aromatic heterocycles. The number of nitrogens with zero attached hydrogens (tertiary/aromatic N) is 2. The van der Waals surface area contributed by atoms with Crippen molar-refractivity contribution < 1.29 is 9.47 Å². The molecule has 1 aliphatic carbocycles. The first kappa shape index (κ1) is 25.9. The van der Waals surface area contributed by atoms with Gasteiger partial charge in [-0.1, -0.05) is 49.6 Å². The van der Waals surface area contributed by atoms with Gasteiger partial charge >= 0.3 is 0 Å². The van der Waals surface area contributed by atoms with Gasteiger partial charge in [0.15, 0.2) is 17.3 Å². The number of fused-ring (bicyclic) bond motifs is 1. The van der Waals surface area contributed by atoms with Gasteiger partial charge < -0.3 is 25.4 Å². The van der Waals surface area contributed by atoms with Crippen LogP contribution in [0.15, 0.2) is 47.5 Å². The van der Waals surface area contributed by atoms with Gasteiger partial charge in [-0.05, 0) is 63.2 Å². The zero-order chi connectivity index (χ0) is 25.9. The van der Waals surface area contributed by atoms with Gasteiger partial charge in [-0.15, -0.1) is 0 Å². The smallest absolute Gasteiger partial charge is 0.184 e. The third kappa shape index (κ3) is 5.58. The molecule has 7 heteroatoms. The Morgan fingerprint density at radius 3 is 2.38 bits per heavy atom. The Labute approximate surface area is 221 Å². The summed E-state index contributed by atoms with van der Waals surface area (Å²) in [5, 5.41) is 7.35. The second-order valence-electron chi connectivity index (χ2n) is 11.3. The van der Waals surface area contributed by atoms with Crippen molar-refractivity contribution in [3.63, 3.8) is 0 Å². The number of benzene rings is 2. The molecule has 0 amide bonds. The minimum absolute atomic E-state index is 0.0527. The maximum atomic E-state index is 6.46. The van der Waals surface area contributed by atoms with Gasteiger partial charge in [-0.2, -0.15) is 0 Å². The summed E-state index contributed by atoms with van der Waals surface area (Å²) < 4.78 is 11.0. The Bertz CT molecular complexity index is 1090. The van der Waals surface area contributed by atoms with Crippen molar-refractivity contribution in [2.75, 3.05) is 45.7 Å². The average Bonchev–Trinajstić information content (AvgIpc) is 2.93. The molecule has 1 saturated heterocycles. The number of aliphatic imine (C=N–C) groups is 1. The lowest BCUT2D eigenvalue weighted by atomic mass is 9.72. The number of likely N-dealkylation sites (tertiary alicyclic amines) is 1. The van der Waals surface area contributed by atoms with Crippen LogP contribution in [0.3, 0.4) is 0 Å². The van der Waals surface area contributed by atoms with E-state index < -0.39 is 5.79 Å². The monoisotopic (exact) mass is 505 g/mol. The molecule has 2 aromatic rings. The van der Waals surface area contributed by atoms with E-state index in [-0.39, 0.29) is 5.41 Å². The van der Waals surface area contributed by atoms with Crippen LogP contribution in [0.25, 0.3) is 0 Å². The maximum Gasteiger partial charge on any atom is 0.184 e. The fourth-order valence-electron chi connectivity index (χ4n) is 6.47. The third-order valence-electron chi connectivity index (χ3n) is 8.73. The number of amidine groups is 1. The van der Waals surface area contributed by atoms with Crippen molar-refractivity contribution in [1.29, 1.82) is 0 Å². The molecule has 1 atom stereocenters. The topological polar surface area (TPSA) is 84.1 Å². The van der Waals surface area contributed by atoms with Crippen molar-refractivity contribution in [3.05, 3.63) is 53.6 Å². The molecule has 0 bridgehead atoms. The molecule has 37 heavy (non-hydrogen) atoms. The van der Waals surface area contributed by atoms with E-state index in [0.717, 1.165) is 49.6 Å². The number of hydrogen-bond acceptors (Lipinski definition) is 7. The highest BCUT2D eigenvalue weighted by molar-refractivity contribution is 6.05. The van der Waals surface area contributed by atoms with Crippen molar-refractivity contribution in [1.82, 2.24) is 10.2 Å². The van der Waals surface area contributed by atoms with E-state index in [9.17, 15) is 0 Å². The maximum absolute atomic E-state index is 6.46. The van der Waals surface area contributed by atoms with Crippen LogP contribution in [0, 0.1) is 5.92 Å². The first-order valence-electron chi connectivity index (χ1n) is 13.9. The SMILES string of the molecule is COc1cc2c(cc1OC)C(N)=NC(C)(NCC1(c3ccccc3)CCN(CC3CCCCC3)CC1)N2. The lowest BCUT2D eigenvalue weighted by molar-refractivity contribution is 0.122. The summed E-state index contributed by atoms with van der Waals surface area (Å²) in [4.78, 5) is 7.57. The van der Waals surface area contributed by atoms with E-state index in [0.29, 0.717) is 17.3 Å². The fraction of sp³-hybridized carbons (Fsp3) is 0.567. The number of anilines is 1. The van der Waals surface area contributed by atoms with Crippen LogP contribution in [0.5, 0.6) is 11.5 Å². The molecule has 3 aliphatic rings. The molecule has 2 heterocycles. The average molecular weight is 506 g/mol. The second kappa shape index (κ2) is 10.9. The molecule has 5 rings (SSSR count). The van der Waals surface area contributed by atoms with Gasteiger partial charge in [-0.25, -0.2) is 4.99 Å². The summed E-state index contributed by atoms with van der Waals surface area (Å²) in [7, 11) is 3.27. The largest absolute Gasteiger partial charge is 0.493 e. The van der Waals surface area contributed by atoms with Crippen LogP contribution in [0.4, 0.5) is 5.69 Å². The number of nitrogens with one attached hydrogen (secondary N) is 2. The normalized spacial score (nSPS) is 24.0. The first-order chi connectivity index (χ1) is 17.9. The minimum atomic E-state index is -0.725. The van der Waals surface area contributed by atoms with Crippen LogP contribution in [-0.4, -0.2) is 56.9 Å². The molecule has 1 unspecified atom stereocenters. The Balaban J connectivity index is 1.32. The predicted molar refractivity (Wildman–Crippen MR) is 151 cm³/mol. The van der Waals surface area contributed by atoms with E-state index in [1.54, 1.807) is 14.2 Å². The molecular formula is C30H43N5O2. The van der Waals surface area contributed by atoms with E-state index in [2.05, 4.69) is 52.8 Å². The number of nitrogens with two attached hydrogens (primary N) is 1. The lowest BCUT2D eigenvalue weighted by Gasteiger charge is -2.45. The van der Waals surface area contributed by atoms with Gasteiger partial charge in [0.1, 0.15) is 5.84 Å². The molecule has 4 N–H and O–H groups in total. The Hall–Kier alpha value is -2.77. The van der Waals surface area contributed by atoms with Crippen molar-refractivity contribution >= 4 is 11.5 Å². The quantitative estimate of drug-likeness (QED) is 0.482. The third-order valence-corrected chi connectivity index (χ3v) is 8.73. The summed E-state index contributed by atoms with van der Waals surface area (Å²) in [5.74, 6) is 1.95. The number of rotatable bonds is 8. The van der Waals surface area contributed by atoms with E-state index in [1.807, 2.05) is 12.1 Å². The van der Waals surface area contributed by atoms with Gasteiger partial charge in [0.05, 0.1) is 19.9 Å². The highest BCUT2D eigenvalue weighted by Crippen LogP contribution is 2.39. The first-order valence-corrected chi connectivity index (χ1v) is 13.9. The van der Waals surface area contributed by atoms with E-state index in [4.69, 9.17) is 20.2 Å². The number of hydrogen-bond donors (Lipinski definition) is 3. The second-order valence-corrected chi connectivity index (χ2v) is 11.3. The Morgan fingerprint density at radius 1 is 1.03 bits per heavy atom. The Kier molecular flexibility index (Phi) is 7.63. The Morgan fingerprint density at radius 2 is 1.70 bits per heavy atom. The van der Waals surface area contributed by atoms with Gasteiger partial charge in [0, 0.05) is 30.1 Å². The van der Waals surface area contributed by atoms with E-state index >= 15 is 0 Å². The van der Waals surface area contributed by atoms with Gasteiger partial charge in [-0.3, -0.25) is 5.32 Å². The zero-order valence-corrected chi connectivity index (χ0v) is 22.7. The summed E-state index contributed by atoms with van der Waals surface area (Å²) in [6.45, 7) is 6.42. The number of methoxy groups -OCH3 is 2. The summed E-state index contributed by atoms with van der Waals surface area (Å²) in [6, 6.07) is 14.8. The predicted octanol–water partition coefficient (Wildman–Crippen LogP) is 4.71. The van der Waals surface area contributed by atoms with Gasteiger partial charge in [0.2, 0.25) is 0 Å². The number of ether oxygens (including phenoxy) is 2. The molecular weight excluding hydrogens is 462 g/mol. The molecule has 1 saturated carbocycles. The lowest BCUT2D eigenvalue weighted by Crippen LogP contribution is -2.57. The summed E-state index contributed by atoms with van der Waals surface area (Å²) >= 11 is 0. The molecule has 0 radical (unpaired) electrons. The molecule has 2 aliphatic heterocycles. The molecule has 2 fully saturated rings. The molecule has 200 valence electrons. The molecule has 2 aromatic carbocycles. The minimum Gasteiger partial charge on any atom is -0.493 e. The number of piperidine rings is 1. The van der Waals surface area contributed by atoms with Crippen LogP contribution < -0.4 is 25.8 Å². The molecule has 7 nitrogen and oxygen atoms in total. The van der Waals surface area contributed by atoms with Crippen LogP contribution >= 0.6 is 0 Å². The highest BCUT2D eigenvalue weighted by Gasteiger charge is 2.39. The fourth-order valence-corrected chi connectivity index (χ4v) is 6.47. The zero-order valence-electron chi connectivity index (χ0n) is 22.7. The summed E-state index contributed by atoms with van der Waals surface area (Å²) in [5.41, 5.74) is 9.63. The van der Waals surface area contributed by atoms with Crippen LogP contribution in [0.1, 0.15) is 63.0 Å². The van der Waals surface area contributed by atoms with E-state index in [1.165, 1.54) is 44.2 Å².